The van der Waals surface area contributed by atoms with Gasteiger partial charge in [0.15, 0.2) is 0 Å². The summed E-state index contributed by atoms with van der Waals surface area (Å²) >= 11 is 3.24. The largest absolute Gasteiger partial charge is 0.354 e. The summed E-state index contributed by atoms with van der Waals surface area (Å²) in [6.45, 7) is 8.98. The van der Waals surface area contributed by atoms with Crippen molar-refractivity contribution in [1.29, 1.82) is 0 Å². The van der Waals surface area contributed by atoms with Crippen LogP contribution in [0.2, 0.25) is 0 Å². The molecule has 128 valence electrons. The van der Waals surface area contributed by atoms with E-state index in [9.17, 15) is 9.59 Å². The van der Waals surface area contributed by atoms with Crippen molar-refractivity contribution in [3.8, 4) is 0 Å². The molecule has 1 aliphatic heterocycles. The lowest BCUT2D eigenvalue weighted by Crippen LogP contribution is -2.49. The van der Waals surface area contributed by atoms with Gasteiger partial charge in [-0.05, 0) is 40.6 Å². The van der Waals surface area contributed by atoms with Crippen molar-refractivity contribution in [2.24, 2.45) is 11.8 Å². The van der Waals surface area contributed by atoms with E-state index in [-0.39, 0.29) is 23.2 Å². The zero-order chi connectivity index (χ0) is 17.0. The Labute approximate surface area is 147 Å². The van der Waals surface area contributed by atoms with E-state index in [0.717, 1.165) is 5.56 Å². The predicted molar refractivity (Wildman–Crippen MR) is 97.5 cm³/mol. The maximum absolute atomic E-state index is 12.7. The van der Waals surface area contributed by atoms with Gasteiger partial charge in [0.25, 0.3) is 0 Å². The molecule has 1 saturated heterocycles. The van der Waals surface area contributed by atoms with Crippen LogP contribution in [0, 0.1) is 11.8 Å². The summed E-state index contributed by atoms with van der Waals surface area (Å²) < 4.78 is 0. The average Bonchev–Trinajstić information content (AvgIpc) is 3.11. The van der Waals surface area contributed by atoms with Gasteiger partial charge in [0.2, 0.25) is 11.8 Å². The zero-order valence-corrected chi connectivity index (χ0v) is 15.9. The van der Waals surface area contributed by atoms with Gasteiger partial charge in [-0.3, -0.25) is 9.59 Å². The summed E-state index contributed by atoms with van der Waals surface area (Å²) in [5.41, 5.74) is 1.12. The van der Waals surface area contributed by atoms with Crippen molar-refractivity contribution in [2.45, 2.75) is 45.5 Å². The Morgan fingerprint density at radius 2 is 2.09 bits per heavy atom. The molecular weight excluding hydrogens is 328 g/mol. The van der Waals surface area contributed by atoms with Crippen LogP contribution in [0.25, 0.3) is 0 Å². The third kappa shape index (κ3) is 4.73. The van der Waals surface area contributed by atoms with Crippen LogP contribution in [0.3, 0.4) is 0 Å². The highest BCUT2D eigenvalue weighted by atomic mass is 32.2. The van der Waals surface area contributed by atoms with E-state index >= 15 is 0 Å². The van der Waals surface area contributed by atoms with Gasteiger partial charge in [0, 0.05) is 6.54 Å². The quantitative estimate of drug-likeness (QED) is 0.815. The predicted octanol–water partition coefficient (Wildman–Crippen LogP) is 3.51. The molecule has 0 unspecified atom stereocenters. The van der Waals surface area contributed by atoms with Crippen LogP contribution < -0.4 is 5.32 Å². The molecule has 0 aliphatic carbocycles. The minimum absolute atomic E-state index is 0.0246. The molecule has 0 bridgehead atoms. The van der Waals surface area contributed by atoms with Gasteiger partial charge in [-0.2, -0.15) is 11.3 Å². The summed E-state index contributed by atoms with van der Waals surface area (Å²) in [6, 6.07) is 1.66. The third-order valence-corrected chi connectivity index (χ3v) is 5.68. The Hall–Kier alpha value is -1.01. The molecule has 1 fully saturated rings. The zero-order valence-electron chi connectivity index (χ0n) is 14.2. The number of nitrogens with zero attached hydrogens (tertiary/aromatic N) is 1. The first-order valence-electron chi connectivity index (χ1n) is 8.12. The monoisotopic (exact) mass is 354 g/mol. The molecule has 0 radical (unpaired) electrons. The summed E-state index contributed by atoms with van der Waals surface area (Å²) in [4.78, 5) is 27.0. The van der Waals surface area contributed by atoms with Gasteiger partial charge in [-0.1, -0.05) is 27.7 Å². The Balaban J connectivity index is 2.21. The molecule has 2 rings (SSSR count). The topological polar surface area (TPSA) is 49.4 Å². The van der Waals surface area contributed by atoms with Gasteiger partial charge < -0.3 is 10.2 Å². The van der Waals surface area contributed by atoms with Crippen LogP contribution in [0.1, 0.15) is 45.1 Å². The van der Waals surface area contributed by atoms with Crippen LogP contribution in [0.4, 0.5) is 0 Å². The Morgan fingerprint density at radius 1 is 1.35 bits per heavy atom. The van der Waals surface area contributed by atoms with Crippen molar-refractivity contribution >= 4 is 34.9 Å². The number of thiophene rings is 1. The summed E-state index contributed by atoms with van der Waals surface area (Å²) in [6.07, 6.45) is 0.691. The van der Waals surface area contributed by atoms with E-state index in [4.69, 9.17) is 0 Å². The first kappa shape index (κ1) is 18.3. The minimum Gasteiger partial charge on any atom is -0.354 e. The number of thioether (sulfide) groups is 1. The molecule has 6 heteroatoms. The standard InChI is InChI=1S/C17H26N2O2S2/c1-11(2)7-14(16(21)18-8-12(3)4)19-15(20)10-23-17(19)13-5-6-22-9-13/h5-6,9,11-12,14,17H,7-8,10H2,1-4H3,(H,18,21)/t14-,17-/m1/s1. The van der Waals surface area contributed by atoms with Crippen molar-refractivity contribution in [1.82, 2.24) is 10.2 Å². The fraction of sp³-hybridized carbons (Fsp3) is 0.647. The van der Waals surface area contributed by atoms with Crippen molar-refractivity contribution in [2.75, 3.05) is 12.3 Å². The van der Waals surface area contributed by atoms with Gasteiger partial charge in [-0.15, -0.1) is 11.8 Å². The van der Waals surface area contributed by atoms with Crippen LogP contribution in [-0.2, 0) is 9.59 Å². The number of rotatable bonds is 7. The molecule has 0 spiro atoms. The van der Waals surface area contributed by atoms with E-state index in [1.54, 1.807) is 23.1 Å². The Morgan fingerprint density at radius 3 is 2.65 bits per heavy atom. The molecule has 0 aromatic carbocycles. The van der Waals surface area contributed by atoms with Crippen LogP contribution in [0.5, 0.6) is 0 Å². The first-order chi connectivity index (χ1) is 10.9. The number of carbonyl (C=O) groups is 2. The summed E-state index contributed by atoms with van der Waals surface area (Å²) in [7, 11) is 0. The summed E-state index contributed by atoms with van der Waals surface area (Å²) in [5, 5.41) is 7.06. The number of hydrogen-bond donors (Lipinski definition) is 1. The average molecular weight is 355 g/mol. The fourth-order valence-electron chi connectivity index (χ4n) is 2.66. The molecule has 0 saturated carbocycles. The lowest BCUT2D eigenvalue weighted by atomic mass is 10.0. The van der Waals surface area contributed by atoms with Gasteiger partial charge >= 0.3 is 0 Å². The van der Waals surface area contributed by atoms with Gasteiger partial charge in [-0.25, -0.2) is 0 Å². The molecule has 2 heterocycles. The second-order valence-electron chi connectivity index (χ2n) is 6.81. The Kier molecular flexibility index (Phi) is 6.53. The van der Waals surface area contributed by atoms with E-state index in [1.165, 1.54) is 0 Å². The number of hydrogen-bond acceptors (Lipinski definition) is 4. The maximum atomic E-state index is 12.7. The van der Waals surface area contributed by atoms with Crippen molar-refractivity contribution in [3.05, 3.63) is 22.4 Å². The Bertz CT molecular complexity index is 529. The van der Waals surface area contributed by atoms with Crippen molar-refractivity contribution in [3.63, 3.8) is 0 Å². The highest BCUT2D eigenvalue weighted by Gasteiger charge is 2.41. The SMILES string of the molecule is CC(C)CNC(=O)[C@@H](CC(C)C)N1C(=O)CS[C@@H]1c1ccsc1. The third-order valence-electron chi connectivity index (χ3n) is 3.75. The minimum atomic E-state index is -0.388. The number of carbonyl (C=O) groups excluding carboxylic acids is 2. The highest BCUT2D eigenvalue weighted by molar-refractivity contribution is 8.00. The number of amides is 2. The molecule has 4 nitrogen and oxygen atoms in total. The van der Waals surface area contributed by atoms with Gasteiger partial charge in [0.05, 0.1) is 5.75 Å². The molecule has 1 N–H and O–H groups in total. The van der Waals surface area contributed by atoms with E-state index in [1.807, 2.05) is 16.3 Å². The normalized spacial score (nSPS) is 19.7. The lowest BCUT2D eigenvalue weighted by Gasteiger charge is -2.32. The van der Waals surface area contributed by atoms with E-state index < -0.39 is 0 Å². The van der Waals surface area contributed by atoms with E-state index in [2.05, 4.69) is 38.4 Å². The first-order valence-corrected chi connectivity index (χ1v) is 10.1. The molecule has 23 heavy (non-hydrogen) atoms. The molecule has 2 amide bonds. The second-order valence-corrected chi connectivity index (χ2v) is 8.65. The van der Waals surface area contributed by atoms with Crippen LogP contribution in [-0.4, -0.2) is 35.1 Å². The van der Waals surface area contributed by atoms with Crippen molar-refractivity contribution < 1.29 is 9.59 Å². The fourth-order valence-corrected chi connectivity index (χ4v) is 4.64. The highest BCUT2D eigenvalue weighted by Crippen LogP contribution is 2.41. The molecular formula is C17H26N2O2S2. The van der Waals surface area contributed by atoms with Crippen LogP contribution in [0.15, 0.2) is 16.8 Å². The molecule has 1 aromatic heterocycles. The molecule has 1 aliphatic rings. The van der Waals surface area contributed by atoms with Gasteiger partial charge in [0.1, 0.15) is 11.4 Å². The molecule has 1 aromatic rings. The maximum Gasteiger partial charge on any atom is 0.242 e. The van der Waals surface area contributed by atoms with E-state index in [0.29, 0.717) is 30.6 Å². The molecule has 2 atom stereocenters. The lowest BCUT2D eigenvalue weighted by molar-refractivity contribution is -0.139. The van der Waals surface area contributed by atoms with Crippen LogP contribution >= 0.6 is 23.1 Å². The number of nitrogens with one attached hydrogen (secondary N) is 1. The second kappa shape index (κ2) is 8.20. The smallest absolute Gasteiger partial charge is 0.242 e. The summed E-state index contributed by atoms with van der Waals surface area (Å²) in [5.74, 6) is 1.24.